The van der Waals surface area contributed by atoms with Gasteiger partial charge in [-0.1, -0.05) is 37.6 Å². The normalized spacial score (nSPS) is 35.1. The Morgan fingerprint density at radius 2 is 1.83 bits per heavy atom. The molecule has 2 heterocycles. The fourth-order valence-corrected chi connectivity index (χ4v) is 8.25. The van der Waals surface area contributed by atoms with Gasteiger partial charge in [-0.3, -0.25) is 9.97 Å². The van der Waals surface area contributed by atoms with Crippen LogP contribution < -0.4 is 5.48 Å². The second-order valence-electron chi connectivity index (χ2n) is 11.9. The number of carbonyl (C=O) groups is 1. The molecule has 36 heavy (non-hydrogen) atoms. The van der Waals surface area contributed by atoms with Crippen molar-refractivity contribution in [2.45, 2.75) is 58.8 Å². The number of hydrogen-bond donors (Lipinski definition) is 1. The van der Waals surface area contributed by atoms with Crippen LogP contribution in [0.1, 0.15) is 74.7 Å². The molecule has 1 unspecified atom stereocenters. The number of hydroxylamine groups is 1. The van der Waals surface area contributed by atoms with Gasteiger partial charge in [0.1, 0.15) is 0 Å². The van der Waals surface area contributed by atoms with E-state index in [4.69, 9.17) is 4.84 Å². The average Bonchev–Trinajstić information content (AvgIpc) is 3.27. The van der Waals surface area contributed by atoms with Crippen LogP contribution in [0.25, 0.3) is 5.57 Å². The van der Waals surface area contributed by atoms with E-state index < -0.39 is 0 Å². The van der Waals surface area contributed by atoms with E-state index in [1.807, 2.05) is 6.20 Å². The molecule has 0 aliphatic heterocycles. The second kappa shape index (κ2) is 9.26. The number of allylic oxidation sites excluding steroid dienone is 3. The molecule has 6 atom stereocenters. The lowest BCUT2D eigenvalue weighted by molar-refractivity contribution is -0.0254. The third-order valence-corrected chi connectivity index (χ3v) is 10.2. The summed E-state index contributed by atoms with van der Waals surface area (Å²) in [5, 5.41) is 0. The number of hydrogen-bond acceptors (Lipinski definition) is 5. The highest BCUT2D eigenvalue weighted by atomic mass is 16.7. The monoisotopic (exact) mass is 483 g/mol. The minimum atomic E-state index is -0.377. The molecular formula is C31H37N3O2. The van der Waals surface area contributed by atoms with Gasteiger partial charge in [0, 0.05) is 31.3 Å². The van der Waals surface area contributed by atoms with Gasteiger partial charge in [0.2, 0.25) is 0 Å². The lowest BCUT2D eigenvalue weighted by Gasteiger charge is -2.58. The van der Waals surface area contributed by atoms with Crippen LogP contribution in [0.2, 0.25) is 0 Å². The average molecular weight is 484 g/mol. The Labute approximate surface area is 214 Å². The molecule has 2 fully saturated rings. The summed E-state index contributed by atoms with van der Waals surface area (Å²) in [5.74, 6) is 2.35. The molecule has 4 aliphatic rings. The minimum absolute atomic E-state index is 0.279. The summed E-state index contributed by atoms with van der Waals surface area (Å²) in [6, 6.07) is 7.78. The fourth-order valence-electron chi connectivity index (χ4n) is 8.25. The highest BCUT2D eigenvalue weighted by Gasteiger charge is 2.57. The third-order valence-electron chi connectivity index (χ3n) is 10.2. The summed E-state index contributed by atoms with van der Waals surface area (Å²) in [7, 11) is 0. The SMILES string of the molecule is C[C@]12CCC(CNOC(=O)c3cccnc3)C=C1CC[C@H]1[C@@H]2CC[C@]2(C)C(c3cccnc3)=CC[C@@H]12. The van der Waals surface area contributed by atoms with Gasteiger partial charge in [0.15, 0.2) is 0 Å². The van der Waals surface area contributed by atoms with E-state index in [2.05, 4.69) is 59.8 Å². The van der Waals surface area contributed by atoms with E-state index in [9.17, 15) is 4.79 Å². The number of fused-ring (bicyclic) bond motifs is 5. The quantitative estimate of drug-likeness (QED) is 0.393. The number of carbonyl (C=O) groups excluding carboxylic acids is 1. The number of rotatable bonds is 5. The van der Waals surface area contributed by atoms with Gasteiger partial charge in [-0.15, -0.1) is 0 Å². The summed E-state index contributed by atoms with van der Waals surface area (Å²) in [6.07, 6.45) is 20.9. The Morgan fingerprint density at radius 1 is 1.03 bits per heavy atom. The first-order valence-corrected chi connectivity index (χ1v) is 13.7. The summed E-state index contributed by atoms with van der Waals surface area (Å²) >= 11 is 0. The molecule has 6 rings (SSSR count). The van der Waals surface area contributed by atoms with Gasteiger partial charge in [-0.25, -0.2) is 4.79 Å². The largest absolute Gasteiger partial charge is 0.367 e. The Morgan fingerprint density at radius 3 is 2.61 bits per heavy atom. The maximum Gasteiger partial charge on any atom is 0.358 e. The topological polar surface area (TPSA) is 64.1 Å². The standard InChI is InChI=1S/C31H37N3O2/c1-30-13-11-21(18-34-36-29(35)23-6-4-16-33-20-23)17-24(30)7-8-25-27-10-9-26(22-5-3-15-32-19-22)31(27,2)14-12-28(25)30/h3-6,9,15-17,19-21,25,27-28,34H,7-8,10-14,18H2,1-2H3/t21?,25-,27+,28+,30+,31-/m1/s1. The number of nitrogens with zero attached hydrogens (tertiary/aromatic N) is 2. The highest BCUT2D eigenvalue weighted by molar-refractivity contribution is 5.88. The molecule has 0 saturated heterocycles. The molecule has 2 aromatic rings. The van der Waals surface area contributed by atoms with Gasteiger partial charge in [-0.05, 0) is 109 Å². The van der Waals surface area contributed by atoms with Gasteiger partial charge < -0.3 is 4.84 Å². The van der Waals surface area contributed by atoms with Crippen LogP contribution >= 0.6 is 0 Å². The number of nitrogens with one attached hydrogen (secondary N) is 1. The molecule has 0 amide bonds. The van der Waals surface area contributed by atoms with Crippen molar-refractivity contribution in [3.05, 3.63) is 77.9 Å². The zero-order valence-electron chi connectivity index (χ0n) is 21.5. The van der Waals surface area contributed by atoms with Crippen LogP contribution in [0.4, 0.5) is 0 Å². The van der Waals surface area contributed by atoms with Crippen LogP contribution in [-0.4, -0.2) is 22.5 Å². The zero-order chi connectivity index (χ0) is 24.8. The van der Waals surface area contributed by atoms with Crippen LogP contribution in [0.5, 0.6) is 0 Å². The molecule has 2 saturated carbocycles. The summed E-state index contributed by atoms with van der Waals surface area (Å²) in [6.45, 7) is 5.75. The Kier molecular flexibility index (Phi) is 6.07. The summed E-state index contributed by atoms with van der Waals surface area (Å²) in [5.41, 5.74) is 8.51. The molecule has 5 nitrogen and oxygen atoms in total. The number of pyridine rings is 2. The van der Waals surface area contributed by atoms with Crippen molar-refractivity contribution in [1.29, 1.82) is 0 Å². The Balaban J connectivity index is 1.12. The van der Waals surface area contributed by atoms with Gasteiger partial charge >= 0.3 is 5.97 Å². The minimum Gasteiger partial charge on any atom is -0.367 e. The van der Waals surface area contributed by atoms with E-state index in [0.717, 1.165) is 24.2 Å². The van der Waals surface area contributed by atoms with Crippen molar-refractivity contribution in [2.75, 3.05) is 6.54 Å². The molecule has 0 bridgehead atoms. The van der Waals surface area contributed by atoms with Crippen molar-refractivity contribution in [3.8, 4) is 0 Å². The first kappa shape index (κ1) is 23.6. The van der Waals surface area contributed by atoms with Gasteiger partial charge in [-0.2, -0.15) is 5.48 Å². The molecule has 2 aromatic heterocycles. The first-order chi connectivity index (χ1) is 17.5. The predicted octanol–water partition coefficient (Wildman–Crippen LogP) is 6.41. The van der Waals surface area contributed by atoms with Crippen LogP contribution in [0.3, 0.4) is 0 Å². The van der Waals surface area contributed by atoms with E-state index in [-0.39, 0.29) is 11.4 Å². The van der Waals surface area contributed by atoms with E-state index in [1.54, 1.807) is 29.5 Å². The smallest absolute Gasteiger partial charge is 0.358 e. The molecule has 1 N–H and O–H groups in total. The molecule has 4 aliphatic carbocycles. The Hall–Kier alpha value is -2.79. The summed E-state index contributed by atoms with van der Waals surface area (Å²) < 4.78 is 0. The molecule has 0 aromatic carbocycles. The van der Waals surface area contributed by atoms with Gasteiger partial charge in [0.25, 0.3) is 0 Å². The van der Waals surface area contributed by atoms with Crippen LogP contribution in [0.15, 0.2) is 66.8 Å². The number of aromatic nitrogens is 2. The predicted molar refractivity (Wildman–Crippen MR) is 140 cm³/mol. The second-order valence-corrected chi connectivity index (χ2v) is 11.9. The molecule has 188 valence electrons. The fraction of sp³-hybridized carbons (Fsp3) is 0.516. The molecule has 5 heteroatoms. The molecule has 0 radical (unpaired) electrons. The van der Waals surface area contributed by atoms with Crippen LogP contribution in [-0.2, 0) is 4.84 Å². The van der Waals surface area contributed by atoms with Crippen molar-refractivity contribution in [3.63, 3.8) is 0 Å². The molecule has 0 spiro atoms. The van der Waals surface area contributed by atoms with E-state index in [1.165, 1.54) is 50.3 Å². The van der Waals surface area contributed by atoms with Crippen molar-refractivity contribution < 1.29 is 9.63 Å². The van der Waals surface area contributed by atoms with Crippen molar-refractivity contribution in [2.24, 2.45) is 34.5 Å². The Bertz CT molecular complexity index is 1180. The highest BCUT2D eigenvalue weighted by Crippen LogP contribution is 2.66. The molecular weight excluding hydrogens is 446 g/mol. The zero-order valence-corrected chi connectivity index (χ0v) is 21.5. The van der Waals surface area contributed by atoms with Crippen LogP contribution in [0, 0.1) is 34.5 Å². The van der Waals surface area contributed by atoms with E-state index in [0.29, 0.717) is 23.4 Å². The third kappa shape index (κ3) is 3.92. The van der Waals surface area contributed by atoms with Crippen molar-refractivity contribution >= 4 is 11.5 Å². The summed E-state index contributed by atoms with van der Waals surface area (Å²) in [4.78, 5) is 25.9. The first-order valence-electron chi connectivity index (χ1n) is 13.7. The lowest BCUT2D eigenvalue weighted by atomic mass is 9.46. The van der Waals surface area contributed by atoms with Gasteiger partial charge in [0.05, 0.1) is 5.56 Å². The maximum atomic E-state index is 12.2. The van der Waals surface area contributed by atoms with Crippen molar-refractivity contribution in [1.82, 2.24) is 15.4 Å². The van der Waals surface area contributed by atoms with E-state index >= 15 is 0 Å². The maximum absolute atomic E-state index is 12.2. The lowest BCUT2D eigenvalue weighted by Crippen LogP contribution is -2.50.